The Bertz CT molecular complexity index is 1100. The number of esters is 2. The number of phosphoric acid groups is 1. The zero-order valence-corrected chi connectivity index (χ0v) is 43.9. The molecular weight excluding hydrogens is 822 g/mol. The fourth-order valence-electron chi connectivity index (χ4n) is 8.01. The summed E-state index contributed by atoms with van der Waals surface area (Å²) in [4.78, 5) is 35.5. The Labute approximate surface area is 396 Å². The lowest BCUT2D eigenvalue weighted by molar-refractivity contribution is -0.870. The highest BCUT2D eigenvalue weighted by atomic mass is 31.2. The molecule has 10 heteroatoms. The van der Waals surface area contributed by atoms with Crippen LogP contribution in [0.4, 0.5) is 0 Å². The first-order valence-corrected chi connectivity index (χ1v) is 28.9. The summed E-state index contributed by atoms with van der Waals surface area (Å²) in [6, 6.07) is 0. The molecule has 0 aromatic carbocycles. The number of hydrogen-bond donors (Lipinski definition) is 1. The molecule has 0 saturated heterocycles. The van der Waals surface area contributed by atoms with Crippen molar-refractivity contribution in [1.82, 2.24) is 0 Å². The Morgan fingerprint density at radius 3 is 1.17 bits per heavy atom. The molecule has 0 spiro atoms. The molecule has 2 unspecified atom stereocenters. The molecule has 0 aromatic heterocycles. The van der Waals surface area contributed by atoms with Gasteiger partial charge in [-0.15, -0.1) is 0 Å². The van der Waals surface area contributed by atoms with E-state index < -0.39 is 26.5 Å². The summed E-state index contributed by atoms with van der Waals surface area (Å²) in [6.07, 6.45) is 52.9. The number of carbonyl (C=O) groups excluding carboxylic acids is 2. The highest BCUT2D eigenvalue weighted by Crippen LogP contribution is 2.43. The van der Waals surface area contributed by atoms with Crippen LogP contribution in [0.15, 0.2) is 12.2 Å². The average Bonchev–Trinajstić information content (AvgIpc) is 3.25. The Balaban J connectivity index is 4.04. The van der Waals surface area contributed by atoms with Gasteiger partial charge in [0.1, 0.15) is 19.8 Å². The second-order valence-corrected chi connectivity index (χ2v) is 21.4. The van der Waals surface area contributed by atoms with Crippen LogP contribution in [0.1, 0.15) is 271 Å². The van der Waals surface area contributed by atoms with E-state index in [1.165, 1.54) is 186 Å². The van der Waals surface area contributed by atoms with E-state index in [2.05, 4.69) is 26.0 Å². The van der Waals surface area contributed by atoms with Gasteiger partial charge in [-0.1, -0.05) is 231 Å². The van der Waals surface area contributed by atoms with Crippen LogP contribution in [0.3, 0.4) is 0 Å². The first kappa shape index (κ1) is 62.8. The minimum Gasteiger partial charge on any atom is -0.462 e. The van der Waals surface area contributed by atoms with Gasteiger partial charge in [-0.05, 0) is 38.5 Å². The molecule has 9 nitrogen and oxygen atoms in total. The quantitative estimate of drug-likeness (QED) is 0.0211. The zero-order valence-electron chi connectivity index (χ0n) is 43.0. The molecule has 0 fully saturated rings. The van der Waals surface area contributed by atoms with Crippen molar-refractivity contribution in [2.75, 3.05) is 47.5 Å². The maximum Gasteiger partial charge on any atom is 0.472 e. The topological polar surface area (TPSA) is 108 Å². The van der Waals surface area contributed by atoms with Crippen LogP contribution in [0.2, 0.25) is 0 Å². The van der Waals surface area contributed by atoms with Gasteiger partial charge < -0.3 is 18.9 Å². The fraction of sp³-hybridized carbons (Fsp3) is 0.926. The van der Waals surface area contributed by atoms with Crippen LogP contribution in [-0.4, -0.2) is 74.9 Å². The van der Waals surface area contributed by atoms with Crippen LogP contribution in [0.5, 0.6) is 0 Å². The van der Waals surface area contributed by atoms with Gasteiger partial charge in [-0.3, -0.25) is 18.6 Å². The van der Waals surface area contributed by atoms with Gasteiger partial charge >= 0.3 is 19.8 Å². The number of unbranched alkanes of at least 4 members (excludes halogenated alkanes) is 35. The summed E-state index contributed by atoms with van der Waals surface area (Å²) in [5.41, 5.74) is 0. The van der Waals surface area contributed by atoms with E-state index in [1.807, 2.05) is 21.1 Å². The first-order chi connectivity index (χ1) is 31.0. The van der Waals surface area contributed by atoms with Crippen molar-refractivity contribution in [3.8, 4) is 0 Å². The van der Waals surface area contributed by atoms with Gasteiger partial charge in [0, 0.05) is 12.8 Å². The van der Waals surface area contributed by atoms with E-state index in [0.29, 0.717) is 23.9 Å². The number of ether oxygens (including phenoxy) is 2. The van der Waals surface area contributed by atoms with Crippen LogP contribution in [-0.2, 0) is 32.7 Å². The second-order valence-electron chi connectivity index (χ2n) is 20.0. The normalized spacial score (nSPS) is 13.4. The molecule has 0 aliphatic rings. The first-order valence-electron chi connectivity index (χ1n) is 27.4. The van der Waals surface area contributed by atoms with Crippen LogP contribution >= 0.6 is 7.82 Å². The summed E-state index contributed by atoms with van der Waals surface area (Å²) < 4.78 is 34.4. The number of phosphoric ester groups is 1. The van der Waals surface area contributed by atoms with Crippen molar-refractivity contribution in [2.45, 2.75) is 277 Å². The molecule has 0 radical (unpaired) electrons. The van der Waals surface area contributed by atoms with Gasteiger partial charge in [0.2, 0.25) is 0 Å². The summed E-state index contributed by atoms with van der Waals surface area (Å²) >= 11 is 0. The van der Waals surface area contributed by atoms with Gasteiger partial charge in [0.15, 0.2) is 6.10 Å². The predicted molar refractivity (Wildman–Crippen MR) is 271 cm³/mol. The summed E-state index contributed by atoms with van der Waals surface area (Å²) in [6.45, 7) is 4.45. The van der Waals surface area contributed by atoms with E-state index in [-0.39, 0.29) is 25.6 Å². The van der Waals surface area contributed by atoms with Gasteiger partial charge in [0.05, 0.1) is 27.7 Å². The highest BCUT2D eigenvalue weighted by molar-refractivity contribution is 7.47. The zero-order chi connectivity index (χ0) is 47.1. The molecule has 0 aromatic rings. The Kier molecular flexibility index (Phi) is 45.9. The van der Waals surface area contributed by atoms with E-state index in [1.54, 1.807) is 0 Å². The van der Waals surface area contributed by atoms with Crippen molar-refractivity contribution < 1.29 is 42.1 Å². The van der Waals surface area contributed by atoms with E-state index in [9.17, 15) is 19.0 Å². The van der Waals surface area contributed by atoms with Crippen molar-refractivity contribution >= 4 is 19.8 Å². The molecule has 0 bridgehead atoms. The summed E-state index contributed by atoms with van der Waals surface area (Å²) in [5, 5.41) is 0. The van der Waals surface area contributed by atoms with E-state index in [4.69, 9.17) is 18.5 Å². The molecule has 0 amide bonds. The van der Waals surface area contributed by atoms with Gasteiger partial charge in [-0.25, -0.2) is 4.57 Å². The molecule has 64 heavy (non-hydrogen) atoms. The average molecular weight is 929 g/mol. The highest BCUT2D eigenvalue weighted by Gasteiger charge is 2.27. The van der Waals surface area contributed by atoms with Crippen molar-refractivity contribution in [3.63, 3.8) is 0 Å². The molecule has 0 heterocycles. The third-order valence-electron chi connectivity index (χ3n) is 12.3. The summed E-state index contributed by atoms with van der Waals surface area (Å²) in [7, 11) is 1.49. The SMILES string of the molecule is CCCCCC/C=C\CCCCCCCC(=O)OC(COC(=O)CCCCCCCCCCCCCCCCCCCCCCCCCCCCC)COP(=O)(O)OCC[N+](C)(C)C. The summed E-state index contributed by atoms with van der Waals surface area (Å²) in [5.74, 6) is -0.793. The van der Waals surface area contributed by atoms with Gasteiger partial charge in [0.25, 0.3) is 0 Å². The minimum absolute atomic E-state index is 0.0334. The second kappa shape index (κ2) is 46.8. The van der Waals surface area contributed by atoms with Crippen molar-refractivity contribution in [3.05, 3.63) is 12.2 Å². The Morgan fingerprint density at radius 1 is 0.469 bits per heavy atom. The predicted octanol–water partition coefficient (Wildman–Crippen LogP) is 16.5. The fourth-order valence-corrected chi connectivity index (χ4v) is 8.75. The largest absolute Gasteiger partial charge is 0.472 e. The van der Waals surface area contributed by atoms with Gasteiger partial charge in [-0.2, -0.15) is 0 Å². The molecule has 0 aliphatic carbocycles. The number of likely N-dealkylation sites (N-methyl/N-ethyl adjacent to an activating group) is 1. The molecule has 1 N–H and O–H groups in total. The lowest BCUT2D eigenvalue weighted by atomic mass is 10.0. The molecule has 0 rings (SSSR count). The minimum atomic E-state index is -4.38. The smallest absolute Gasteiger partial charge is 0.462 e. The van der Waals surface area contributed by atoms with Crippen molar-refractivity contribution in [1.29, 1.82) is 0 Å². The number of allylic oxidation sites excluding steroid dienone is 2. The molecule has 2 atom stereocenters. The molecule has 380 valence electrons. The molecule has 0 saturated carbocycles. The van der Waals surface area contributed by atoms with Crippen LogP contribution < -0.4 is 0 Å². The number of carbonyl (C=O) groups is 2. The molecular formula is C54H107NO8P+. The Hall–Kier alpha value is -1.25. The lowest BCUT2D eigenvalue weighted by Crippen LogP contribution is -2.37. The standard InChI is InChI=1S/C54H106NO8P/c1-6-8-10-12-14-16-18-20-21-22-23-24-25-26-27-28-29-30-31-32-33-35-36-38-40-42-44-46-53(56)60-50-52(51-62-64(58,59)61-49-48-55(3,4)5)63-54(57)47-45-43-41-39-37-34-19-17-15-13-11-9-7-2/h17,19,52H,6-16,18,20-51H2,1-5H3/p+1/b19-17-. The number of quaternary nitrogens is 1. The monoisotopic (exact) mass is 929 g/mol. The lowest BCUT2D eigenvalue weighted by Gasteiger charge is -2.24. The maximum absolute atomic E-state index is 12.7. The number of nitrogens with zero attached hydrogens (tertiary/aromatic N) is 1. The number of rotatable bonds is 51. The van der Waals surface area contributed by atoms with Crippen molar-refractivity contribution in [2.24, 2.45) is 0 Å². The van der Waals surface area contributed by atoms with E-state index >= 15 is 0 Å². The molecule has 0 aliphatic heterocycles. The number of hydrogen-bond acceptors (Lipinski definition) is 7. The van der Waals surface area contributed by atoms with Crippen LogP contribution in [0.25, 0.3) is 0 Å². The maximum atomic E-state index is 12.7. The van der Waals surface area contributed by atoms with Crippen LogP contribution in [0, 0.1) is 0 Å². The Morgan fingerprint density at radius 2 is 0.797 bits per heavy atom. The third kappa shape index (κ3) is 50.2. The van der Waals surface area contributed by atoms with E-state index in [0.717, 1.165) is 51.4 Å². The third-order valence-corrected chi connectivity index (χ3v) is 13.3.